The van der Waals surface area contributed by atoms with Crippen LogP contribution in [0.25, 0.3) is 0 Å². The van der Waals surface area contributed by atoms with E-state index in [4.69, 9.17) is 5.11 Å². The van der Waals surface area contributed by atoms with E-state index in [-0.39, 0.29) is 12.5 Å². The van der Waals surface area contributed by atoms with Gasteiger partial charge in [0.2, 0.25) is 0 Å². The Morgan fingerprint density at radius 2 is 2.33 bits per heavy atom. The molecule has 0 spiro atoms. The molecule has 1 aliphatic rings. The quantitative estimate of drug-likeness (QED) is 0.909. The highest BCUT2D eigenvalue weighted by Gasteiger charge is 2.23. The molecule has 0 radical (unpaired) electrons. The van der Waals surface area contributed by atoms with Gasteiger partial charge in [0.1, 0.15) is 0 Å². The maximum Gasteiger partial charge on any atom is 0.256 e. The summed E-state index contributed by atoms with van der Waals surface area (Å²) in [5.74, 6) is 0.672. The maximum atomic E-state index is 12.5. The standard InChI is InChI=1S/C17H19NO2S/c1-11-5-6-14-15(10-21-16(14)7-11)17(20)18-13-4-2-3-12(8-13)9-19/h2-4,8,10-11,19H,5-7,9H2,1H3,(H,18,20). The van der Waals surface area contributed by atoms with Crippen molar-refractivity contribution in [2.45, 2.75) is 32.8 Å². The van der Waals surface area contributed by atoms with Crippen molar-refractivity contribution in [2.24, 2.45) is 5.92 Å². The van der Waals surface area contributed by atoms with Crippen LogP contribution in [-0.2, 0) is 19.4 Å². The lowest BCUT2D eigenvalue weighted by atomic mass is 9.88. The molecule has 2 aromatic rings. The van der Waals surface area contributed by atoms with E-state index in [1.165, 1.54) is 10.4 Å². The molecule has 0 bridgehead atoms. The van der Waals surface area contributed by atoms with Gasteiger partial charge in [-0.15, -0.1) is 11.3 Å². The van der Waals surface area contributed by atoms with Crippen LogP contribution in [0.2, 0.25) is 0 Å². The molecule has 4 heteroatoms. The van der Waals surface area contributed by atoms with E-state index in [0.717, 1.165) is 36.1 Å². The molecule has 1 unspecified atom stereocenters. The van der Waals surface area contributed by atoms with E-state index >= 15 is 0 Å². The zero-order chi connectivity index (χ0) is 14.8. The average molecular weight is 301 g/mol. The van der Waals surface area contributed by atoms with Crippen LogP contribution >= 0.6 is 11.3 Å². The predicted octanol–water partition coefficient (Wildman–Crippen LogP) is 3.62. The van der Waals surface area contributed by atoms with Gasteiger partial charge in [-0.2, -0.15) is 0 Å². The monoisotopic (exact) mass is 301 g/mol. The van der Waals surface area contributed by atoms with Crippen LogP contribution in [0.1, 0.15) is 39.7 Å². The van der Waals surface area contributed by atoms with E-state index < -0.39 is 0 Å². The summed E-state index contributed by atoms with van der Waals surface area (Å²) in [6, 6.07) is 7.33. The molecule has 1 atom stereocenters. The molecule has 21 heavy (non-hydrogen) atoms. The van der Waals surface area contributed by atoms with Crippen LogP contribution in [-0.4, -0.2) is 11.0 Å². The van der Waals surface area contributed by atoms with Gasteiger partial charge in [0.15, 0.2) is 0 Å². The van der Waals surface area contributed by atoms with Crippen molar-refractivity contribution in [2.75, 3.05) is 5.32 Å². The molecule has 3 nitrogen and oxygen atoms in total. The van der Waals surface area contributed by atoms with Crippen LogP contribution < -0.4 is 5.32 Å². The van der Waals surface area contributed by atoms with Gasteiger partial charge < -0.3 is 10.4 Å². The fourth-order valence-corrected chi connectivity index (χ4v) is 4.06. The Balaban J connectivity index is 1.80. The first-order chi connectivity index (χ1) is 10.2. The SMILES string of the molecule is CC1CCc2c(C(=O)Nc3cccc(CO)c3)csc2C1. The molecule has 0 saturated heterocycles. The van der Waals surface area contributed by atoms with Crippen molar-refractivity contribution >= 4 is 22.9 Å². The maximum absolute atomic E-state index is 12.5. The number of rotatable bonds is 3. The molecule has 3 rings (SSSR count). The van der Waals surface area contributed by atoms with Crippen molar-refractivity contribution in [3.8, 4) is 0 Å². The third kappa shape index (κ3) is 3.01. The molecule has 1 aromatic heterocycles. The number of hydrogen-bond acceptors (Lipinski definition) is 3. The van der Waals surface area contributed by atoms with Crippen LogP contribution in [0.15, 0.2) is 29.6 Å². The number of aliphatic hydroxyl groups is 1. The van der Waals surface area contributed by atoms with Gasteiger partial charge in [0, 0.05) is 15.9 Å². The zero-order valence-corrected chi connectivity index (χ0v) is 12.9. The number of anilines is 1. The number of fused-ring (bicyclic) bond motifs is 1. The summed E-state index contributed by atoms with van der Waals surface area (Å²) in [6.07, 6.45) is 3.25. The highest BCUT2D eigenvalue weighted by molar-refractivity contribution is 7.10. The number of carbonyl (C=O) groups is 1. The Bertz CT molecular complexity index is 663. The number of hydrogen-bond donors (Lipinski definition) is 2. The predicted molar refractivity (Wildman–Crippen MR) is 85.8 cm³/mol. The van der Waals surface area contributed by atoms with Crippen molar-refractivity contribution in [1.29, 1.82) is 0 Å². The second kappa shape index (κ2) is 6.00. The molecule has 0 aliphatic heterocycles. The van der Waals surface area contributed by atoms with Crippen LogP contribution in [0.5, 0.6) is 0 Å². The Hall–Kier alpha value is -1.65. The van der Waals surface area contributed by atoms with Crippen molar-refractivity contribution in [3.05, 3.63) is 51.2 Å². The minimum atomic E-state index is -0.0443. The fraction of sp³-hybridized carbons (Fsp3) is 0.353. The minimum absolute atomic E-state index is 0.0184. The number of benzene rings is 1. The van der Waals surface area contributed by atoms with Gasteiger partial charge in [-0.1, -0.05) is 19.1 Å². The van der Waals surface area contributed by atoms with Crippen molar-refractivity contribution in [3.63, 3.8) is 0 Å². The van der Waals surface area contributed by atoms with E-state index in [9.17, 15) is 4.79 Å². The molecular formula is C17H19NO2S. The molecule has 1 aromatic carbocycles. The summed E-state index contributed by atoms with van der Waals surface area (Å²) in [4.78, 5) is 13.8. The van der Waals surface area contributed by atoms with Gasteiger partial charge in [0.05, 0.1) is 12.2 Å². The molecule has 1 aliphatic carbocycles. The first-order valence-electron chi connectivity index (χ1n) is 7.27. The number of aliphatic hydroxyl groups excluding tert-OH is 1. The molecule has 0 saturated carbocycles. The largest absolute Gasteiger partial charge is 0.392 e. The Morgan fingerprint density at radius 1 is 1.48 bits per heavy atom. The summed E-state index contributed by atoms with van der Waals surface area (Å²) in [5.41, 5.74) is 3.58. The molecule has 1 amide bonds. The lowest BCUT2D eigenvalue weighted by molar-refractivity contribution is 0.102. The van der Waals surface area contributed by atoms with Gasteiger partial charge >= 0.3 is 0 Å². The summed E-state index contributed by atoms with van der Waals surface area (Å²) in [7, 11) is 0. The lowest BCUT2D eigenvalue weighted by Crippen LogP contribution is -2.16. The topological polar surface area (TPSA) is 49.3 Å². The van der Waals surface area contributed by atoms with E-state index in [0.29, 0.717) is 5.92 Å². The highest BCUT2D eigenvalue weighted by atomic mass is 32.1. The van der Waals surface area contributed by atoms with Gasteiger partial charge in [-0.25, -0.2) is 0 Å². The van der Waals surface area contributed by atoms with Crippen LogP contribution in [0, 0.1) is 5.92 Å². The van der Waals surface area contributed by atoms with E-state index in [1.54, 1.807) is 17.4 Å². The molecule has 2 N–H and O–H groups in total. The fourth-order valence-electron chi connectivity index (χ4n) is 2.81. The van der Waals surface area contributed by atoms with E-state index in [2.05, 4.69) is 12.2 Å². The third-order valence-electron chi connectivity index (χ3n) is 4.01. The van der Waals surface area contributed by atoms with E-state index in [1.807, 2.05) is 23.6 Å². The first kappa shape index (κ1) is 14.3. The zero-order valence-electron chi connectivity index (χ0n) is 12.1. The second-order valence-corrected chi connectivity index (χ2v) is 6.68. The van der Waals surface area contributed by atoms with Crippen molar-refractivity contribution in [1.82, 2.24) is 0 Å². The molecule has 0 fully saturated rings. The van der Waals surface area contributed by atoms with Crippen LogP contribution in [0.4, 0.5) is 5.69 Å². The smallest absolute Gasteiger partial charge is 0.256 e. The third-order valence-corrected chi connectivity index (χ3v) is 5.06. The van der Waals surface area contributed by atoms with Crippen molar-refractivity contribution < 1.29 is 9.90 Å². The number of amides is 1. The first-order valence-corrected chi connectivity index (χ1v) is 8.15. The molecular weight excluding hydrogens is 282 g/mol. The lowest BCUT2D eigenvalue weighted by Gasteiger charge is -2.18. The number of carbonyl (C=O) groups excluding carboxylic acids is 1. The Kier molecular flexibility index (Phi) is 4.08. The Morgan fingerprint density at radius 3 is 3.14 bits per heavy atom. The second-order valence-electron chi connectivity index (χ2n) is 5.71. The summed E-state index contributed by atoms with van der Waals surface area (Å²) in [5, 5.41) is 14.1. The van der Waals surface area contributed by atoms with Crippen LogP contribution in [0.3, 0.4) is 0 Å². The molecule has 1 heterocycles. The highest BCUT2D eigenvalue weighted by Crippen LogP contribution is 2.33. The van der Waals surface area contributed by atoms with Gasteiger partial charge in [-0.3, -0.25) is 4.79 Å². The average Bonchev–Trinajstić information content (AvgIpc) is 2.90. The van der Waals surface area contributed by atoms with Gasteiger partial charge in [-0.05, 0) is 48.4 Å². The normalized spacial score (nSPS) is 17.3. The summed E-state index contributed by atoms with van der Waals surface area (Å²) in [6.45, 7) is 2.25. The number of nitrogens with one attached hydrogen (secondary N) is 1. The summed E-state index contributed by atoms with van der Waals surface area (Å²) < 4.78 is 0. The minimum Gasteiger partial charge on any atom is -0.392 e. The summed E-state index contributed by atoms with van der Waals surface area (Å²) >= 11 is 1.70. The Labute approximate surface area is 128 Å². The molecule has 110 valence electrons. The van der Waals surface area contributed by atoms with Gasteiger partial charge in [0.25, 0.3) is 5.91 Å². The number of thiophene rings is 1.